The molecule has 1 N–H and O–H groups in total. The smallest absolute Gasteiger partial charge is 0.310 e. The van der Waals surface area contributed by atoms with Gasteiger partial charge in [0.1, 0.15) is 5.82 Å². The van der Waals surface area contributed by atoms with Crippen LogP contribution in [0.2, 0.25) is 0 Å². The molecule has 180 valence electrons. The summed E-state index contributed by atoms with van der Waals surface area (Å²) < 4.78 is 1.71. The van der Waals surface area contributed by atoms with Crippen LogP contribution < -0.4 is 10.9 Å². The van der Waals surface area contributed by atoms with Crippen molar-refractivity contribution in [3.05, 3.63) is 101 Å². The van der Waals surface area contributed by atoms with Crippen molar-refractivity contribution in [1.82, 2.24) is 14.5 Å². The van der Waals surface area contributed by atoms with Gasteiger partial charge in [-0.1, -0.05) is 49.4 Å². The summed E-state index contributed by atoms with van der Waals surface area (Å²) >= 11 is 1.65. The van der Waals surface area contributed by atoms with Crippen molar-refractivity contribution in [3.8, 4) is 0 Å². The molecule has 35 heavy (non-hydrogen) atoms. The number of fused-ring (bicyclic) bond motifs is 1. The van der Waals surface area contributed by atoms with E-state index >= 15 is 0 Å². The van der Waals surface area contributed by atoms with Gasteiger partial charge in [-0.3, -0.25) is 9.36 Å². The molecule has 4 aromatic rings. The van der Waals surface area contributed by atoms with Crippen LogP contribution in [0.25, 0.3) is 10.9 Å². The van der Waals surface area contributed by atoms with E-state index in [9.17, 15) is 9.59 Å². The van der Waals surface area contributed by atoms with Crippen LogP contribution in [0.15, 0.2) is 88.6 Å². The molecule has 4 rings (SSSR count). The van der Waals surface area contributed by atoms with Crippen molar-refractivity contribution in [3.63, 3.8) is 0 Å². The Bertz CT molecular complexity index is 1350. The fraction of sp³-hybridized carbons (Fsp3) is 0.250. The maximum absolute atomic E-state index is 13.6. The second-order valence-electron chi connectivity index (χ2n) is 8.39. The van der Waals surface area contributed by atoms with E-state index < -0.39 is 6.04 Å². The Kier molecular flexibility index (Phi) is 7.87. The van der Waals surface area contributed by atoms with E-state index in [1.165, 1.54) is 0 Å². The average Bonchev–Trinajstić information content (AvgIpc) is 2.89. The fourth-order valence-corrected chi connectivity index (χ4v) is 4.53. The third kappa shape index (κ3) is 5.57. The number of carbonyl (C=O) groups excluding carboxylic acids is 1. The van der Waals surface area contributed by atoms with Gasteiger partial charge in [0.2, 0.25) is 0 Å². The van der Waals surface area contributed by atoms with Crippen molar-refractivity contribution in [2.45, 2.75) is 44.3 Å². The summed E-state index contributed by atoms with van der Waals surface area (Å²) in [5.74, 6) is 0.583. The van der Waals surface area contributed by atoms with Crippen LogP contribution in [-0.4, -0.2) is 26.7 Å². The summed E-state index contributed by atoms with van der Waals surface area (Å²) in [6.07, 6.45) is 2.80. The second kappa shape index (κ2) is 11.2. The van der Waals surface area contributed by atoms with Crippen LogP contribution in [-0.2, 0) is 13.1 Å². The highest BCUT2D eigenvalue weighted by Gasteiger charge is 2.26. The highest BCUT2D eigenvalue weighted by molar-refractivity contribution is 7.98. The Hall–Kier alpha value is -3.58. The average molecular weight is 487 g/mol. The van der Waals surface area contributed by atoms with E-state index in [4.69, 9.17) is 4.98 Å². The van der Waals surface area contributed by atoms with Crippen LogP contribution in [0.3, 0.4) is 0 Å². The molecule has 0 fully saturated rings. The van der Waals surface area contributed by atoms with Gasteiger partial charge in [0.05, 0.1) is 16.9 Å². The van der Waals surface area contributed by atoms with Gasteiger partial charge in [-0.2, -0.15) is 0 Å². The molecule has 0 bridgehead atoms. The first-order valence-corrected chi connectivity index (χ1v) is 13.0. The number of benzene rings is 3. The van der Waals surface area contributed by atoms with Gasteiger partial charge in [0.15, 0.2) is 0 Å². The number of nitrogens with zero attached hydrogens (tertiary/aromatic N) is 3. The molecule has 1 unspecified atom stereocenters. The zero-order valence-corrected chi connectivity index (χ0v) is 21.1. The summed E-state index contributed by atoms with van der Waals surface area (Å²) in [4.78, 5) is 34.7. The van der Waals surface area contributed by atoms with Crippen LogP contribution in [0.5, 0.6) is 0 Å². The van der Waals surface area contributed by atoms with E-state index in [2.05, 4.69) is 5.32 Å². The first kappa shape index (κ1) is 24.5. The molecular formula is C28H30N4O2S. The number of nitrogens with one attached hydrogen (secondary N) is 1. The summed E-state index contributed by atoms with van der Waals surface area (Å²) in [5, 5.41) is 3.62. The minimum Gasteiger partial charge on any atom is -0.310 e. The molecule has 1 aromatic heterocycles. The summed E-state index contributed by atoms with van der Waals surface area (Å²) in [6, 6.07) is 24.3. The first-order valence-electron chi connectivity index (χ1n) is 11.8. The van der Waals surface area contributed by atoms with Crippen molar-refractivity contribution in [2.24, 2.45) is 0 Å². The Morgan fingerprint density at radius 1 is 1.03 bits per heavy atom. The van der Waals surface area contributed by atoms with E-state index in [0.29, 0.717) is 29.8 Å². The number of carbonyl (C=O) groups is 1. The molecule has 1 heterocycles. The number of hydrogen-bond acceptors (Lipinski definition) is 4. The number of urea groups is 1. The summed E-state index contributed by atoms with van der Waals surface area (Å²) in [5.41, 5.74) is 2.28. The molecule has 0 aliphatic rings. The quantitative estimate of drug-likeness (QED) is 0.296. The van der Waals surface area contributed by atoms with Gasteiger partial charge < -0.3 is 10.2 Å². The fourth-order valence-electron chi connectivity index (χ4n) is 4.12. The second-order valence-corrected chi connectivity index (χ2v) is 9.27. The molecule has 0 spiro atoms. The van der Waals surface area contributed by atoms with E-state index in [1.54, 1.807) is 27.3 Å². The van der Waals surface area contributed by atoms with Crippen molar-refractivity contribution in [1.29, 1.82) is 0 Å². The molecule has 0 saturated heterocycles. The zero-order chi connectivity index (χ0) is 24.8. The molecule has 3 aromatic carbocycles. The minimum absolute atomic E-state index is 0.0768. The summed E-state index contributed by atoms with van der Waals surface area (Å²) in [6.45, 7) is 4.88. The first-order chi connectivity index (χ1) is 17.0. The van der Waals surface area contributed by atoms with Crippen molar-refractivity contribution < 1.29 is 4.79 Å². The maximum atomic E-state index is 13.6. The van der Waals surface area contributed by atoms with Gasteiger partial charge in [-0.15, -0.1) is 11.8 Å². The molecule has 0 saturated carbocycles. The van der Waals surface area contributed by atoms with Gasteiger partial charge in [0, 0.05) is 23.7 Å². The predicted octanol–water partition coefficient (Wildman–Crippen LogP) is 6.32. The molecule has 7 heteroatoms. The summed E-state index contributed by atoms with van der Waals surface area (Å²) in [7, 11) is 0. The maximum Gasteiger partial charge on any atom is 0.322 e. The lowest BCUT2D eigenvalue weighted by Gasteiger charge is -2.31. The molecule has 6 nitrogen and oxygen atoms in total. The lowest BCUT2D eigenvalue weighted by Crippen LogP contribution is -2.39. The number of aromatic nitrogens is 2. The number of hydrogen-bond donors (Lipinski definition) is 1. The monoisotopic (exact) mass is 486 g/mol. The van der Waals surface area contributed by atoms with E-state index in [-0.39, 0.29) is 11.6 Å². The van der Waals surface area contributed by atoms with Crippen LogP contribution in [0, 0.1) is 0 Å². The van der Waals surface area contributed by atoms with E-state index in [0.717, 1.165) is 22.6 Å². The lowest BCUT2D eigenvalue weighted by atomic mass is 10.1. The van der Waals surface area contributed by atoms with Crippen LogP contribution in [0.1, 0.15) is 37.7 Å². The van der Waals surface area contributed by atoms with E-state index in [1.807, 2.05) is 92.9 Å². The number of rotatable bonds is 8. The minimum atomic E-state index is -0.440. The zero-order valence-electron chi connectivity index (χ0n) is 20.3. The van der Waals surface area contributed by atoms with Gasteiger partial charge >= 0.3 is 6.03 Å². The Morgan fingerprint density at radius 2 is 1.71 bits per heavy atom. The Labute approximate surface area is 210 Å². The number of thioether (sulfide) groups is 1. The Balaban J connectivity index is 1.74. The molecule has 0 radical (unpaired) electrons. The third-order valence-corrected chi connectivity index (χ3v) is 6.72. The SMILES string of the molecule is CCCn1c(C(C)N(Cc2ccccc2)C(=O)Nc2ccc(SC)cc2)nc2ccccc2c1=O. The lowest BCUT2D eigenvalue weighted by molar-refractivity contribution is 0.184. The molecule has 2 amide bonds. The molecule has 0 aliphatic heterocycles. The molecule has 0 aliphatic carbocycles. The highest BCUT2D eigenvalue weighted by Crippen LogP contribution is 2.25. The standard InChI is InChI=1S/C28H30N4O2S/c1-4-18-31-26(30-25-13-9-8-12-24(25)27(31)33)20(2)32(19-21-10-6-5-7-11-21)28(34)29-22-14-16-23(35-3)17-15-22/h5-17,20H,4,18-19H2,1-3H3,(H,29,34). The third-order valence-electron chi connectivity index (χ3n) is 5.98. The molecule has 1 atom stereocenters. The predicted molar refractivity (Wildman–Crippen MR) is 144 cm³/mol. The highest BCUT2D eigenvalue weighted by atomic mass is 32.2. The van der Waals surface area contributed by atoms with Gasteiger partial charge in [-0.05, 0) is 61.6 Å². The van der Waals surface area contributed by atoms with Crippen molar-refractivity contribution >= 4 is 34.4 Å². The van der Waals surface area contributed by atoms with Crippen LogP contribution in [0.4, 0.5) is 10.5 Å². The van der Waals surface area contributed by atoms with Crippen molar-refractivity contribution in [2.75, 3.05) is 11.6 Å². The topological polar surface area (TPSA) is 67.2 Å². The number of amides is 2. The number of anilines is 1. The Morgan fingerprint density at radius 3 is 2.40 bits per heavy atom. The van der Waals surface area contributed by atoms with Crippen LogP contribution >= 0.6 is 11.8 Å². The largest absolute Gasteiger partial charge is 0.322 e. The van der Waals surface area contributed by atoms with Gasteiger partial charge in [0.25, 0.3) is 5.56 Å². The normalized spacial score (nSPS) is 11.9. The van der Waals surface area contributed by atoms with Gasteiger partial charge in [-0.25, -0.2) is 9.78 Å². The molecular weight excluding hydrogens is 456 g/mol. The number of para-hydroxylation sites is 1.